The predicted molar refractivity (Wildman–Crippen MR) is 79.7 cm³/mol. The summed E-state index contributed by atoms with van der Waals surface area (Å²) < 4.78 is 1.29. The van der Waals surface area contributed by atoms with E-state index in [1.165, 1.54) is 46.3 Å². The molecule has 2 rings (SSSR count). The minimum Gasteiger partial charge on any atom is -0.312 e. The zero-order valence-electron chi connectivity index (χ0n) is 11.0. The maximum atomic E-state index is 3.73. The highest BCUT2D eigenvalue weighted by atomic mass is 79.9. The first-order valence-corrected chi connectivity index (χ1v) is 8.17. The molecule has 1 aliphatic carbocycles. The third kappa shape index (κ3) is 2.47. The fourth-order valence-electron chi connectivity index (χ4n) is 3.34. The number of aryl methyl sites for hydroxylation is 1. The lowest BCUT2D eigenvalue weighted by Gasteiger charge is -2.36. The zero-order valence-corrected chi connectivity index (χ0v) is 13.4. The summed E-state index contributed by atoms with van der Waals surface area (Å²) >= 11 is 5.67. The zero-order chi connectivity index (χ0) is 12.5. The van der Waals surface area contributed by atoms with Gasteiger partial charge in [0.1, 0.15) is 0 Å². The van der Waals surface area contributed by atoms with Gasteiger partial charge in [-0.15, -0.1) is 11.3 Å². The van der Waals surface area contributed by atoms with Gasteiger partial charge in [0, 0.05) is 20.3 Å². The fourth-order valence-corrected chi connectivity index (χ4v) is 5.47. The quantitative estimate of drug-likeness (QED) is 0.819. The Morgan fingerprint density at radius 2 is 2.12 bits per heavy atom. The van der Waals surface area contributed by atoms with Crippen LogP contribution in [0, 0.1) is 12.3 Å². The lowest BCUT2D eigenvalue weighted by molar-refractivity contribution is 0.197. The van der Waals surface area contributed by atoms with Crippen LogP contribution in [0.15, 0.2) is 10.5 Å². The number of halogens is 1. The second-order valence-electron chi connectivity index (χ2n) is 5.21. The number of nitrogens with one attached hydrogen (secondary N) is 1. The van der Waals surface area contributed by atoms with Crippen LogP contribution in [0.1, 0.15) is 54.8 Å². The van der Waals surface area contributed by atoms with Crippen LogP contribution in [0.5, 0.6) is 0 Å². The minimum absolute atomic E-state index is 0.481. The van der Waals surface area contributed by atoms with E-state index in [2.05, 4.69) is 48.2 Å². The van der Waals surface area contributed by atoms with Crippen molar-refractivity contribution >= 4 is 27.3 Å². The van der Waals surface area contributed by atoms with E-state index < -0.39 is 0 Å². The molecule has 17 heavy (non-hydrogen) atoms. The maximum Gasteiger partial charge on any atom is 0.0480 e. The first-order valence-electron chi connectivity index (χ1n) is 6.56. The van der Waals surface area contributed by atoms with Crippen molar-refractivity contribution in [1.82, 2.24) is 5.32 Å². The van der Waals surface area contributed by atoms with E-state index in [-0.39, 0.29) is 0 Å². The molecule has 0 spiro atoms. The van der Waals surface area contributed by atoms with Crippen LogP contribution >= 0.6 is 27.3 Å². The van der Waals surface area contributed by atoms with Gasteiger partial charge in [0.2, 0.25) is 0 Å². The molecule has 0 radical (unpaired) electrons. The predicted octanol–water partition coefficient (Wildman–Crippen LogP) is 5.05. The minimum atomic E-state index is 0.481. The van der Waals surface area contributed by atoms with Gasteiger partial charge in [-0.25, -0.2) is 0 Å². The second-order valence-corrected chi connectivity index (χ2v) is 7.36. The number of rotatable bonds is 4. The highest BCUT2D eigenvalue weighted by Crippen LogP contribution is 2.52. The second kappa shape index (κ2) is 5.41. The van der Waals surface area contributed by atoms with Gasteiger partial charge in [-0.2, -0.15) is 0 Å². The SMILES string of the molecule is CCC1(C(NC)c2sc(C)cc2Br)CCCC1. The molecule has 0 aliphatic heterocycles. The summed E-state index contributed by atoms with van der Waals surface area (Å²) in [4.78, 5) is 2.89. The highest BCUT2D eigenvalue weighted by Gasteiger charge is 2.41. The highest BCUT2D eigenvalue weighted by molar-refractivity contribution is 9.10. The summed E-state index contributed by atoms with van der Waals surface area (Å²) in [5, 5.41) is 3.59. The van der Waals surface area contributed by atoms with Crippen molar-refractivity contribution in [2.24, 2.45) is 5.41 Å². The molecule has 1 unspecified atom stereocenters. The molecule has 1 N–H and O–H groups in total. The molecule has 0 saturated heterocycles. The van der Waals surface area contributed by atoms with Crippen molar-refractivity contribution in [3.63, 3.8) is 0 Å². The van der Waals surface area contributed by atoms with Gasteiger partial charge in [-0.05, 0) is 60.6 Å². The molecular formula is C14H22BrNS. The Balaban J connectivity index is 2.35. The Morgan fingerprint density at radius 3 is 2.53 bits per heavy atom. The number of hydrogen-bond acceptors (Lipinski definition) is 2. The van der Waals surface area contributed by atoms with E-state index in [1.807, 2.05) is 11.3 Å². The first-order chi connectivity index (χ1) is 8.13. The van der Waals surface area contributed by atoms with Crippen molar-refractivity contribution in [1.29, 1.82) is 0 Å². The number of hydrogen-bond donors (Lipinski definition) is 1. The van der Waals surface area contributed by atoms with E-state index in [0.717, 1.165) is 0 Å². The largest absolute Gasteiger partial charge is 0.312 e. The van der Waals surface area contributed by atoms with Crippen LogP contribution in [-0.4, -0.2) is 7.05 Å². The summed E-state index contributed by atoms with van der Waals surface area (Å²) in [5.74, 6) is 0. The van der Waals surface area contributed by atoms with Gasteiger partial charge >= 0.3 is 0 Å². The van der Waals surface area contributed by atoms with E-state index in [4.69, 9.17) is 0 Å². The van der Waals surface area contributed by atoms with Crippen molar-refractivity contribution < 1.29 is 0 Å². The van der Waals surface area contributed by atoms with Gasteiger partial charge in [-0.1, -0.05) is 19.8 Å². The van der Waals surface area contributed by atoms with Crippen molar-refractivity contribution in [3.8, 4) is 0 Å². The van der Waals surface area contributed by atoms with Gasteiger partial charge in [0.25, 0.3) is 0 Å². The summed E-state index contributed by atoms with van der Waals surface area (Å²) in [6.07, 6.45) is 6.82. The molecule has 1 fully saturated rings. The molecule has 1 atom stereocenters. The normalized spacial score (nSPS) is 20.7. The molecule has 1 saturated carbocycles. The Kier molecular flexibility index (Phi) is 4.32. The Hall–Kier alpha value is 0.140. The van der Waals surface area contributed by atoms with E-state index >= 15 is 0 Å². The summed E-state index contributed by atoms with van der Waals surface area (Å²) in [6, 6.07) is 2.77. The standard InChI is InChI=1S/C14H22BrNS/c1-4-14(7-5-6-8-14)13(16-3)12-11(15)9-10(2)17-12/h9,13,16H,4-8H2,1-3H3. The molecular weight excluding hydrogens is 294 g/mol. The van der Waals surface area contributed by atoms with E-state index in [0.29, 0.717) is 11.5 Å². The monoisotopic (exact) mass is 315 g/mol. The molecule has 1 nitrogen and oxygen atoms in total. The molecule has 1 heterocycles. The van der Waals surface area contributed by atoms with Crippen LogP contribution in [-0.2, 0) is 0 Å². The molecule has 96 valence electrons. The molecule has 0 aromatic carbocycles. The lowest BCUT2D eigenvalue weighted by atomic mass is 9.75. The molecule has 1 aliphatic rings. The average molecular weight is 316 g/mol. The van der Waals surface area contributed by atoms with E-state index in [1.54, 1.807) is 0 Å². The van der Waals surface area contributed by atoms with Crippen LogP contribution in [0.4, 0.5) is 0 Å². The van der Waals surface area contributed by atoms with Crippen molar-refractivity contribution in [3.05, 3.63) is 20.3 Å². The molecule has 1 aromatic rings. The summed E-state index contributed by atoms with van der Waals surface area (Å²) in [6.45, 7) is 4.54. The maximum absolute atomic E-state index is 3.73. The lowest BCUT2D eigenvalue weighted by Crippen LogP contribution is -2.33. The smallest absolute Gasteiger partial charge is 0.0480 e. The van der Waals surface area contributed by atoms with E-state index in [9.17, 15) is 0 Å². The fraction of sp³-hybridized carbons (Fsp3) is 0.714. The third-order valence-corrected chi connectivity index (χ3v) is 6.34. The molecule has 1 aromatic heterocycles. The van der Waals surface area contributed by atoms with Crippen LogP contribution in [0.3, 0.4) is 0 Å². The Morgan fingerprint density at radius 1 is 1.47 bits per heavy atom. The van der Waals surface area contributed by atoms with Crippen LogP contribution in [0.2, 0.25) is 0 Å². The van der Waals surface area contributed by atoms with Gasteiger partial charge in [0.05, 0.1) is 0 Å². The molecule has 0 amide bonds. The summed E-state index contributed by atoms with van der Waals surface area (Å²) in [5.41, 5.74) is 0.481. The van der Waals surface area contributed by atoms with Gasteiger partial charge in [-0.3, -0.25) is 0 Å². The molecule has 3 heteroatoms. The average Bonchev–Trinajstić information content (AvgIpc) is 2.89. The number of thiophene rings is 1. The topological polar surface area (TPSA) is 12.0 Å². The Bertz CT molecular complexity index is 380. The van der Waals surface area contributed by atoms with Crippen molar-refractivity contribution in [2.75, 3.05) is 7.05 Å². The van der Waals surface area contributed by atoms with Gasteiger partial charge < -0.3 is 5.32 Å². The summed E-state index contributed by atoms with van der Waals surface area (Å²) in [7, 11) is 2.11. The van der Waals surface area contributed by atoms with Crippen molar-refractivity contribution in [2.45, 2.75) is 52.0 Å². The van der Waals surface area contributed by atoms with Crippen LogP contribution < -0.4 is 5.32 Å². The van der Waals surface area contributed by atoms with Gasteiger partial charge in [0.15, 0.2) is 0 Å². The molecule has 0 bridgehead atoms. The third-order valence-electron chi connectivity index (χ3n) is 4.30. The Labute approximate surface area is 117 Å². The van der Waals surface area contributed by atoms with Crippen LogP contribution in [0.25, 0.3) is 0 Å². The first kappa shape index (κ1) is 13.6.